The smallest absolute Gasteiger partial charge is 0.120 e. The van der Waals surface area contributed by atoms with Gasteiger partial charge in [0.05, 0.1) is 7.11 Å². The van der Waals surface area contributed by atoms with Crippen molar-refractivity contribution in [1.82, 2.24) is 4.90 Å². The first-order valence-corrected chi connectivity index (χ1v) is 9.10. The van der Waals surface area contributed by atoms with Crippen molar-refractivity contribution in [3.05, 3.63) is 59.2 Å². The Kier molecular flexibility index (Phi) is 6.89. The zero-order chi connectivity index (χ0) is 18.4. The lowest BCUT2D eigenvalue weighted by Gasteiger charge is -2.27. The van der Waals surface area contributed by atoms with Crippen molar-refractivity contribution < 1.29 is 9.84 Å². The highest BCUT2D eigenvalue weighted by Gasteiger charge is 2.23. The fraction of sp³-hybridized carbons (Fsp3) is 0.455. The van der Waals surface area contributed by atoms with Crippen LogP contribution in [0.5, 0.6) is 11.5 Å². The molecular weight excluding hydrogens is 310 g/mol. The summed E-state index contributed by atoms with van der Waals surface area (Å²) in [5.41, 5.74) is 3.64. The summed E-state index contributed by atoms with van der Waals surface area (Å²) in [5.74, 6) is 2.15. The molecule has 0 radical (unpaired) electrons. The number of hydrogen-bond donors (Lipinski definition) is 1. The van der Waals surface area contributed by atoms with Crippen LogP contribution in [0.2, 0.25) is 0 Å². The molecule has 0 saturated heterocycles. The van der Waals surface area contributed by atoms with Crippen molar-refractivity contribution in [3.63, 3.8) is 0 Å². The molecule has 3 heteroatoms. The van der Waals surface area contributed by atoms with E-state index in [1.807, 2.05) is 32.3 Å². The van der Waals surface area contributed by atoms with Crippen LogP contribution in [-0.4, -0.2) is 31.2 Å². The number of phenols is 1. The molecule has 0 fully saturated rings. The van der Waals surface area contributed by atoms with E-state index in [1.165, 1.54) is 11.1 Å². The minimum absolute atomic E-state index is 0.379. The number of aromatic hydroxyl groups is 1. The summed E-state index contributed by atoms with van der Waals surface area (Å²) < 4.78 is 5.29. The molecule has 2 unspecified atom stereocenters. The van der Waals surface area contributed by atoms with E-state index in [0.717, 1.165) is 30.7 Å². The molecule has 0 aliphatic rings. The maximum absolute atomic E-state index is 10.2. The van der Waals surface area contributed by atoms with Gasteiger partial charge in [-0.05, 0) is 68.1 Å². The van der Waals surface area contributed by atoms with Crippen LogP contribution in [0, 0.1) is 0 Å². The number of phenolic OH excluding ortho intramolecular Hbond substituents is 1. The quantitative estimate of drug-likeness (QED) is 0.721. The van der Waals surface area contributed by atoms with Gasteiger partial charge in [-0.3, -0.25) is 0 Å². The molecule has 3 nitrogen and oxygen atoms in total. The van der Waals surface area contributed by atoms with Crippen molar-refractivity contribution in [2.24, 2.45) is 0 Å². The minimum atomic E-state index is 0.379. The first-order valence-electron chi connectivity index (χ1n) is 9.10. The lowest BCUT2D eigenvalue weighted by atomic mass is 9.78. The summed E-state index contributed by atoms with van der Waals surface area (Å²) in [4.78, 5) is 2.08. The minimum Gasteiger partial charge on any atom is -0.508 e. The Balaban J connectivity index is 2.35. The molecule has 0 aliphatic heterocycles. The Bertz CT molecular complexity index is 664. The molecule has 0 bridgehead atoms. The van der Waals surface area contributed by atoms with Crippen LogP contribution in [-0.2, 0) is 6.54 Å². The fourth-order valence-electron chi connectivity index (χ4n) is 3.66. The van der Waals surface area contributed by atoms with Crippen molar-refractivity contribution in [1.29, 1.82) is 0 Å². The highest BCUT2D eigenvalue weighted by atomic mass is 16.5. The van der Waals surface area contributed by atoms with Gasteiger partial charge in [0.25, 0.3) is 0 Å². The van der Waals surface area contributed by atoms with Gasteiger partial charge in [0.1, 0.15) is 11.5 Å². The third kappa shape index (κ3) is 4.76. The second kappa shape index (κ2) is 8.91. The van der Waals surface area contributed by atoms with Crippen LogP contribution < -0.4 is 4.74 Å². The van der Waals surface area contributed by atoms with Gasteiger partial charge < -0.3 is 14.7 Å². The van der Waals surface area contributed by atoms with Crippen LogP contribution in [0.3, 0.4) is 0 Å². The average molecular weight is 341 g/mol. The maximum Gasteiger partial charge on any atom is 0.120 e. The highest BCUT2D eigenvalue weighted by molar-refractivity contribution is 5.40. The lowest BCUT2D eigenvalue weighted by Crippen LogP contribution is -2.13. The Hall–Kier alpha value is -2.00. The summed E-state index contributed by atoms with van der Waals surface area (Å²) in [6.45, 7) is 5.24. The standard InChI is InChI=1S/C22H31NO2/c1-6-20(16-8-11-19(25-5)12-9-16)21(7-2)17-10-13-22(24)18(14-17)15-23(3)4/h8-14,20-21,24H,6-7,15H2,1-5H3. The highest BCUT2D eigenvalue weighted by Crippen LogP contribution is 2.39. The first-order chi connectivity index (χ1) is 12.0. The molecule has 0 amide bonds. The summed E-state index contributed by atoms with van der Waals surface area (Å²) >= 11 is 0. The molecule has 0 spiro atoms. The average Bonchev–Trinajstić information content (AvgIpc) is 2.61. The topological polar surface area (TPSA) is 32.7 Å². The Morgan fingerprint density at radius 1 is 0.920 bits per heavy atom. The van der Waals surface area contributed by atoms with E-state index < -0.39 is 0 Å². The normalized spacial score (nSPS) is 13.7. The molecule has 2 aromatic carbocycles. The number of rotatable bonds is 8. The van der Waals surface area contributed by atoms with Gasteiger partial charge in [-0.2, -0.15) is 0 Å². The number of ether oxygens (including phenoxy) is 1. The number of nitrogens with zero attached hydrogens (tertiary/aromatic N) is 1. The third-order valence-electron chi connectivity index (χ3n) is 4.93. The summed E-state index contributed by atoms with van der Waals surface area (Å²) in [6.07, 6.45) is 2.14. The molecule has 136 valence electrons. The van der Waals surface area contributed by atoms with Crippen LogP contribution in [0.1, 0.15) is 55.2 Å². The monoisotopic (exact) mass is 341 g/mol. The van der Waals surface area contributed by atoms with E-state index in [4.69, 9.17) is 4.74 Å². The van der Waals surface area contributed by atoms with Crippen molar-refractivity contribution >= 4 is 0 Å². The van der Waals surface area contributed by atoms with Gasteiger partial charge in [0.2, 0.25) is 0 Å². The van der Waals surface area contributed by atoms with Gasteiger partial charge in [0, 0.05) is 12.1 Å². The molecule has 0 aromatic heterocycles. The SMILES string of the molecule is CCC(c1ccc(OC)cc1)C(CC)c1ccc(O)c(CN(C)C)c1. The van der Waals surface area contributed by atoms with E-state index in [9.17, 15) is 5.11 Å². The molecular formula is C22H31NO2. The number of hydrogen-bond acceptors (Lipinski definition) is 3. The first kappa shape index (κ1) is 19.3. The van der Waals surface area contributed by atoms with Gasteiger partial charge >= 0.3 is 0 Å². The van der Waals surface area contributed by atoms with E-state index in [2.05, 4.69) is 43.0 Å². The van der Waals surface area contributed by atoms with Gasteiger partial charge in [0.15, 0.2) is 0 Å². The summed E-state index contributed by atoms with van der Waals surface area (Å²) in [6, 6.07) is 14.5. The van der Waals surface area contributed by atoms with Gasteiger partial charge in [-0.25, -0.2) is 0 Å². The predicted molar refractivity (Wildman–Crippen MR) is 105 cm³/mol. The van der Waals surface area contributed by atoms with E-state index in [0.29, 0.717) is 17.6 Å². The Morgan fingerprint density at radius 3 is 2.00 bits per heavy atom. The number of benzene rings is 2. The largest absolute Gasteiger partial charge is 0.508 e. The zero-order valence-electron chi connectivity index (χ0n) is 16.1. The van der Waals surface area contributed by atoms with Gasteiger partial charge in [-0.15, -0.1) is 0 Å². The second-order valence-electron chi connectivity index (χ2n) is 6.93. The molecule has 2 rings (SSSR count). The molecule has 0 heterocycles. The molecule has 25 heavy (non-hydrogen) atoms. The Morgan fingerprint density at radius 2 is 1.48 bits per heavy atom. The molecule has 0 saturated carbocycles. The van der Waals surface area contributed by atoms with E-state index in [-0.39, 0.29) is 0 Å². The predicted octanol–water partition coefficient (Wildman–Crippen LogP) is 5.15. The molecule has 2 atom stereocenters. The molecule has 1 N–H and O–H groups in total. The van der Waals surface area contributed by atoms with Crippen molar-refractivity contribution in [2.75, 3.05) is 21.2 Å². The van der Waals surface area contributed by atoms with Crippen molar-refractivity contribution in [2.45, 2.75) is 45.1 Å². The van der Waals surface area contributed by atoms with Crippen molar-refractivity contribution in [3.8, 4) is 11.5 Å². The maximum atomic E-state index is 10.2. The Labute approximate surface area is 152 Å². The summed E-state index contributed by atoms with van der Waals surface area (Å²) in [5, 5.41) is 10.2. The fourth-order valence-corrected chi connectivity index (χ4v) is 3.66. The van der Waals surface area contributed by atoms with Crippen LogP contribution in [0.4, 0.5) is 0 Å². The van der Waals surface area contributed by atoms with E-state index >= 15 is 0 Å². The third-order valence-corrected chi connectivity index (χ3v) is 4.93. The van der Waals surface area contributed by atoms with Gasteiger partial charge in [-0.1, -0.05) is 38.1 Å². The zero-order valence-corrected chi connectivity index (χ0v) is 16.1. The molecule has 0 aliphatic carbocycles. The number of methoxy groups -OCH3 is 1. The lowest BCUT2D eigenvalue weighted by molar-refractivity contribution is 0.385. The second-order valence-corrected chi connectivity index (χ2v) is 6.93. The van der Waals surface area contributed by atoms with Crippen LogP contribution in [0.15, 0.2) is 42.5 Å². The van der Waals surface area contributed by atoms with E-state index in [1.54, 1.807) is 7.11 Å². The van der Waals surface area contributed by atoms with Crippen LogP contribution >= 0.6 is 0 Å². The molecule has 2 aromatic rings. The summed E-state index contributed by atoms with van der Waals surface area (Å²) in [7, 11) is 5.75. The van der Waals surface area contributed by atoms with Crippen LogP contribution in [0.25, 0.3) is 0 Å².